The third kappa shape index (κ3) is 6.12. The summed E-state index contributed by atoms with van der Waals surface area (Å²) in [5.74, 6) is 0.0198. The van der Waals surface area contributed by atoms with Crippen LogP contribution in [0.1, 0.15) is 22.1 Å². The molecule has 0 aliphatic carbocycles. The number of nitrogens with zero attached hydrogens (tertiary/aromatic N) is 5. The van der Waals surface area contributed by atoms with Crippen molar-refractivity contribution < 1.29 is 19.1 Å². The number of carbonyl (C=O) groups is 3. The quantitative estimate of drug-likeness (QED) is 0.144. The number of tetrazole rings is 1. The molecule has 10 nitrogen and oxygen atoms in total. The molecule has 2 aromatic carbocycles. The molecule has 0 saturated carbocycles. The summed E-state index contributed by atoms with van der Waals surface area (Å²) >= 11 is 6.04. The van der Waals surface area contributed by atoms with Gasteiger partial charge in [-0.05, 0) is 39.3 Å². The van der Waals surface area contributed by atoms with Crippen LogP contribution in [0.5, 0.6) is 0 Å². The van der Waals surface area contributed by atoms with Crippen LogP contribution in [0.15, 0.2) is 83.3 Å². The lowest BCUT2D eigenvalue weighted by atomic mass is 9.93. The number of benzene rings is 2. The molecule has 14 heteroatoms. The Kier molecular flexibility index (Phi) is 9.31. The van der Waals surface area contributed by atoms with Gasteiger partial charge in [-0.15, -0.1) is 28.2 Å². The average molecular weight is 667 g/mol. The Labute approximate surface area is 271 Å². The zero-order valence-corrected chi connectivity index (χ0v) is 27.2. The third-order valence-corrected chi connectivity index (χ3v) is 13.0. The number of amides is 2. The Balaban J connectivity index is 1.29. The van der Waals surface area contributed by atoms with E-state index in [2.05, 4.69) is 20.8 Å². The van der Waals surface area contributed by atoms with Crippen molar-refractivity contribution in [3.63, 3.8) is 0 Å². The van der Waals surface area contributed by atoms with Crippen LogP contribution in [0.2, 0.25) is 0 Å². The highest BCUT2D eigenvalue weighted by Crippen LogP contribution is 2.50. The molecular formula is C30H30N6O4S4. The van der Waals surface area contributed by atoms with Gasteiger partial charge in [0.05, 0.1) is 11.2 Å². The number of fused-ring (bicyclic) bond motifs is 1. The van der Waals surface area contributed by atoms with Gasteiger partial charge in [0.25, 0.3) is 0 Å². The van der Waals surface area contributed by atoms with Crippen LogP contribution < -0.4 is 5.32 Å². The summed E-state index contributed by atoms with van der Waals surface area (Å²) in [6.45, 7) is 0. The van der Waals surface area contributed by atoms with E-state index in [9.17, 15) is 14.4 Å². The van der Waals surface area contributed by atoms with E-state index in [4.69, 9.17) is 4.74 Å². The number of ether oxygens (including phenoxy) is 1. The molecule has 4 aromatic rings. The third-order valence-electron chi connectivity index (χ3n) is 7.68. The van der Waals surface area contributed by atoms with Crippen molar-refractivity contribution in [2.45, 2.75) is 39.9 Å². The molecule has 2 saturated heterocycles. The fraction of sp³-hybridized carbons (Fsp3) is 0.333. The number of esters is 1. The van der Waals surface area contributed by atoms with Gasteiger partial charge in [0.1, 0.15) is 17.5 Å². The molecule has 1 N–H and O–H groups in total. The van der Waals surface area contributed by atoms with Crippen LogP contribution in [0.25, 0.3) is 0 Å². The van der Waals surface area contributed by atoms with E-state index in [-0.39, 0.29) is 23.6 Å². The normalized spacial score (nSPS) is 22.8. The first-order chi connectivity index (χ1) is 21.4. The number of aromatic nitrogens is 4. The number of thioether (sulfide) groups is 3. The number of carbonyl (C=O) groups excluding carboxylic acids is 3. The summed E-state index contributed by atoms with van der Waals surface area (Å²) in [5.41, 5.74) is 1.66. The Morgan fingerprint density at radius 3 is 2.39 bits per heavy atom. The Hall–Kier alpha value is -3.33. The smallest absolute Gasteiger partial charge is 0.331 e. The second kappa shape index (κ2) is 13.3. The minimum atomic E-state index is -0.898. The summed E-state index contributed by atoms with van der Waals surface area (Å²) in [7, 11) is 1.76. The van der Waals surface area contributed by atoms with E-state index < -0.39 is 28.9 Å². The van der Waals surface area contributed by atoms with Crippen molar-refractivity contribution in [3.8, 4) is 0 Å². The van der Waals surface area contributed by atoms with Crippen LogP contribution in [-0.4, -0.2) is 82.9 Å². The minimum absolute atomic E-state index is 0.206. The van der Waals surface area contributed by atoms with Crippen molar-refractivity contribution >= 4 is 64.4 Å². The standard InChI is InChI=1S/C30H30N6O4S4/c1-35-29(32-33-34-35)44-18-30(41-2)17-43-27-23(31-22(37)16-21-14-9-15-42-21)26(38)36(27)25(30)28(39)40-24(19-10-5-3-6-11-19)20-12-7-4-8-13-20/h3-15,23-25,27H,16-18H2,1-2H3,(H,31,37)/t23-,25+,27-,30+/m1/s1. The van der Waals surface area contributed by atoms with Gasteiger partial charge in [0, 0.05) is 23.4 Å². The molecule has 6 rings (SSSR count). The molecule has 4 heterocycles. The number of hydrogen-bond acceptors (Lipinski definition) is 11. The van der Waals surface area contributed by atoms with E-state index in [0.717, 1.165) is 16.0 Å². The lowest BCUT2D eigenvalue weighted by Gasteiger charge is -2.58. The van der Waals surface area contributed by atoms with Gasteiger partial charge < -0.3 is 15.0 Å². The van der Waals surface area contributed by atoms with Gasteiger partial charge in [-0.3, -0.25) is 9.59 Å². The summed E-state index contributed by atoms with van der Waals surface area (Å²) in [6.07, 6.45) is 1.50. The number of hydrogen-bond donors (Lipinski definition) is 1. The zero-order valence-electron chi connectivity index (χ0n) is 23.9. The highest BCUT2D eigenvalue weighted by molar-refractivity contribution is 8.06. The highest BCUT2D eigenvalue weighted by Gasteiger charge is 2.63. The molecule has 0 radical (unpaired) electrons. The van der Waals surface area contributed by atoms with Crippen LogP contribution in [-0.2, 0) is 32.6 Å². The van der Waals surface area contributed by atoms with Crippen molar-refractivity contribution in [2.24, 2.45) is 7.05 Å². The van der Waals surface area contributed by atoms with Gasteiger partial charge >= 0.3 is 5.97 Å². The molecule has 2 fully saturated rings. The van der Waals surface area contributed by atoms with Gasteiger partial charge in [0.2, 0.25) is 17.0 Å². The number of nitrogens with one attached hydrogen (secondary N) is 1. The van der Waals surface area contributed by atoms with E-state index >= 15 is 0 Å². The Bertz CT molecular complexity index is 1570. The molecular weight excluding hydrogens is 637 g/mol. The molecule has 2 aromatic heterocycles. The van der Waals surface area contributed by atoms with Crippen molar-refractivity contribution in [2.75, 3.05) is 17.8 Å². The maximum Gasteiger partial charge on any atom is 0.331 e. The first kappa shape index (κ1) is 30.7. The topological polar surface area (TPSA) is 119 Å². The molecule has 2 aliphatic heterocycles. The first-order valence-corrected chi connectivity index (χ1v) is 18.0. The molecule has 44 heavy (non-hydrogen) atoms. The minimum Gasteiger partial charge on any atom is -0.451 e. The van der Waals surface area contributed by atoms with E-state index in [1.165, 1.54) is 34.9 Å². The Morgan fingerprint density at radius 1 is 1.09 bits per heavy atom. The maximum absolute atomic E-state index is 14.5. The molecule has 228 valence electrons. The number of thiophene rings is 1. The molecule has 0 spiro atoms. The molecule has 4 atom stereocenters. The van der Waals surface area contributed by atoms with Gasteiger partial charge in [0.15, 0.2) is 6.10 Å². The second-order valence-corrected chi connectivity index (χ2v) is 14.7. The molecule has 0 unspecified atom stereocenters. The summed E-state index contributed by atoms with van der Waals surface area (Å²) < 4.78 is 7.24. The van der Waals surface area contributed by atoms with Crippen LogP contribution in [0.4, 0.5) is 0 Å². The van der Waals surface area contributed by atoms with Crippen LogP contribution in [0, 0.1) is 0 Å². The second-order valence-electron chi connectivity index (χ2n) is 10.4. The van der Waals surface area contributed by atoms with Crippen LogP contribution in [0.3, 0.4) is 0 Å². The Morgan fingerprint density at radius 2 is 1.80 bits per heavy atom. The largest absolute Gasteiger partial charge is 0.451 e. The van der Waals surface area contributed by atoms with Crippen molar-refractivity contribution in [1.29, 1.82) is 0 Å². The van der Waals surface area contributed by atoms with Crippen molar-refractivity contribution in [3.05, 3.63) is 94.2 Å². The number of β-lactam (4-membered cyclic amide) rings is 1. The maximum atomic E-state index is 14.5. The fourth-order valence-corrected chi connectivity index (χ4v) is 10.4. The summed E-state index contributed by atoms with van der Waals surface area (Å²) in [5, 5.41) is 16.8. The van der Waals surface area contributed by atoms with Crippen LogP contribution >= 0.6 is 46.6 Å². The van der Waals surface area contributed by atoms with E-state index in [1.54, 1.807) is 28.4 Å². The van der Waals surface area contributed by atoms with E-state index in [1.807, 2.05) is 84.4 Å². The van der Waals surface area contributed by atoms with E-state index in [0.29, 0.717) is 16.7 Å². The lowest BCUT2D eigenvalue weighted by Crippen LogP contribution is -2.79. The first-order valence-electron chi connectivity index (χ1n) is 13.9. The highest BCUT2D eigenvalue weighted by atomic mass is 32.2. The fourth-order valence-electron chi connectivity index (χ4n) is 5.40. The predicted molar refractivity (Wildman–Crippen MR) is 173 cm³/mol. The lowest BCUT2D eigenvalue weighted by molar-refractivity contribution is -0.169. The molecule has 2 aliphatic rings. The summed E-state index contributed by atoms with van der Waals surface area (Å²) in [4.78, 5) is 43.7. The monoisotopic (exact) mass is 666 g/mol. The number of aryl methyl sites for hydroxylation is 1. The molecule has 2 amide bonds. The zero-order chi connectivity index (χ0) is 30.7. The average Bonchev–Trinajstić information content (AvgIpc) is 3.73. The summed E-state index contributed by atoms with van der Waals surface area (Å²) in [6, 6.07) is 21.4. The SMILES string of the molecule is CS[C@]1(CSc2nnnn2C)CS[C@@H]2[C@H](NC(=O)Cc3cccs3)C(=O)N2[C@H]1C(=O)OC(c1ccccc1)c1ccccc1. The van der Waals surface area contributed by atoms with Crippen molar-refractivity contribution in [1.82, 2.24) is 30.4 Å². The number of rotatable bonds is 11. The molecule has 0 bridgehead atoms. The predicted octanol–water partition coefficient (Wildman–Crippen LogP) is 3.81. The van der Waals surface area contributed by atoms with Gasteiger partial charge in [-0.2, -0.15) is 11.8 Å². The van der Waals surface area contributed by atoms with Gasteiger partial charge in [-0.25, -0.2) is 9.48 Å². The van der Waals surface area contributed by atoms with Gasteiger partial charge in [-0.1, -0.05) is 78.5 Å².